The number of carbonyl (C=O) groups is 1. The molecule has 2 heterocycles. The van der Waals surface area contributed by atoms with E-state index in [1.165, 1.54) is 6.07 Å². The summed E-state index contributed by atoms with van der Waals surface area (Å²) in [6.45, 7) is 0.136. The predicted octanol–water partition coefficient (Wildman–Crippen LogP) is 5.09. The Morgan fingerprint density at radius 3 is 2.63 bits per heavy atom. The van der Waals surface area contributed by atoms with Gasteiger partial charge in [-0.2, -0.15) is 0 Å². The number of benzene rings is 3. The highest BCUT2D eigenvalue weighted by molar-refractivity contribution is 6.33. The third-order valence-electron chi connectivity index (χ3n) is 4.76. The van der Waals surface area contributed by atoms with Gasteiger partial charge >= 0.3 is 0 Å². The second kappa shape index (κ2) is 7.24. The number of hydrogen-bond acceptors (Lipinski definition) is 5. The van der Waals surface area contributed by atoms with Crippen molar-refractivity contribution in [3.63, 3.8) is 0 Å². The zero-order chi connectivity index (χ0) is 20.7. The van der Waals surface area contributed by atoms with Crippen LogP contribution in [0.25, 0.3) is 22.3 Å². The molecule has 3 aromatic carbocycles. The van der Waals surface area contributed by atoms with Gasteiger partial charge in [0.2, 0.25) is 6.79 Å². The van der Waals surface area contributed by atoms with Crippen molar-refractivity contribution < 1.29 is 18.7 Å². The van der Waals surface area contributed by atoms with Crippen LogP contribution in [0.4, 0.5) is 5.69 Å². The van der Waals surface area contributed by atoms with Gasteiger partial charge in [0.1, 0.15) is 11.3 Å². The Bertz CT molecular complexity index is 1360. The van der Waals surface area contributed by atoms with Crippen LogP contribution in [0.3, 0.4) is 0 Å². The summed E-state index contributed by atoms with van der Waals surface area (Å²) < 4.78 is 16.4. The standard InChI is InChI=1S/C23H14ClNO5/c24-17-4-2-1-3-15(17)21-11-18(26)16-10-14(6-8-19(16)30-21)25-23(27)13-5-7-20-22(9-13)29-12-28-20/h1-11H,12H2,(H,25,27). The third kappa shape index (κ3) is 3.27. The molecule has 0 saturated heterocycles. The number of rotatable bonds is 3. The molecule has 30 heavy (non-hydrogen) atoms. The zero-order valence-electron chi connectivity index (χ0n) is 15.5. The number of carbonyl (C=O) groups excluding carboxylic acids is 1. The van der Waals surface area contributed by atoms with Gasteiger partial charge in [0.15, 0.2) is 16.9 Å². The normalized spacial score (nSPS) is 12.2. The Balaban J connectivity index is 1.46. The van der Waals surface area contributed by atoms with E-state index in [1.807, 2.05) is 6.07 Å². The van der Waals surface area contributed by atoms with E-state index in [-0.39, 0.29) is 18.1 Å². The maximum Gasteiger partial charge on any atom is 0.255 e. The van der Waals surface area contributed by atoms with Crippen molar-refractivity contribution in [1.82, 2.24) is 0 Å². The van der Waals surface area contributed by atoms with E-state index in [0.717, 1.165) is 0 Å². The first-order chi connectivity index (χ1) is 14.6. The van der Waals surface area contributed by atoms with Gasteiger partial charge in [0.25, 0.3) is 5.91 Å². The fourth-order valence-corrected chi connectivity index (χ4v) is 3.50. The largest absolute Gasteiger partial charge is 0.456 e. The molecule has 6 nitrogen and oxygen atoms in total. The predicted molar refractivity (Wildman–Crippen MR) is 113 cm³/mol. The quantitative estimate of drug-likeness (QED) is 0.500. The molecule has 0 radical (unpaired) electrons. The molecule has 0 fully saturated rings. The van der Waals surface area contributed by atoms with E-state index < -0.39 is 0 Å². The molecule has 1 N–H and O–H groups in total. The summed E-state index contributed by atoms with van der Waals surface area (Å²) in [5.41, 5.74) is 1.70. The topological polar surface area (TPSA) is 77.8 Å². The molecule has 7 heteroatoms. The summed E-state index contributed by atoms with van der Waals surface area (Å²) in [6.07, 6.45) is 0. The van der Waals surface area contributed by atoms with Gasteiger partial charge in [-0.15, -0.1) is 0 Å². The summed E-state index contributed by atoms with van der Waals surface area (Å²) in [6, 6.07) is 18.4. The number of anilines is 1. The first-order valence-electron chi connectivity index (χ1n) is 9.12. The number of hydrogen-bond donors (Lipinski definition) is 1. The minimum Gasteiger partial charge on any atom is -0.456 e. The second-order valence-electron chi connectivity index (χ2n) is 6.69. The van der Waals surface area contributed by atoms with Gasteiger partial charge in [-0.25, -0.2) is 0 Å². The highest BCUT2D eigenvalue weighted by Crippen LogP contribution is 2.33. The molecule has 0 spiro atoms. The minimum atomic E-state index is -0.329. The van der Waals surface area contributed by atoms with Crippen LogP contribution in [0.15, 0.2) is 75.9 Å². The van der Waals surface area contributed by atoms with Crippen LogP contribution in [-0.4, -0.2) is 12.7 Å². The molecule has 0 atom stereocenters. The van der Waals surface area contributed by atoms with E-state index in [9.17, 15) is 9.59 Å². The molecule has 0 unspecified atom stereocenters. The monoisotopic (exact) mass is 419 g/mol. The average molecular weight is 420 g/mol. The molecule has 148 valence electrons. The van der Waals surface area contributed by atoms with E-state index in [4.69, 9.17) is 25.5 Å². The third-order valence-corrected chi connectivity index (χ3v) is 5.09. The van der Waals surface area contributed by atoms with Crippen LogP contribution in [0.1, 0.15) is 10.4 Å². The van der Waals surface area contributed by atoms with Crippen molar-refractivity contribution in [2.24, 2.45) is 0 Å². The van der Waals surface area contributed by atoms with Crippen LogP contribution in [0.5, 0.6) is 11.5 Å². The van der Waals surface area contributed by atoms with Crippen molar-refractivity contribution in [1.29, 1.82) is 0 Å². The lowest BCUT2D eigenvalue weighted by molar-refractivity contribution is 0.102. The van der Waals surface area contributed by atoms with E-state index in [0.29, 0.717) is 50.1 Å². The Kier molecular flexibility index (Phi) is 4.41. The van der Waals surface area contributed by atoms with Crippen LogP contribution in [0.2, 0.25) is 5.02 Å². The van der Waals surface area contributed by atoms with Gasteiger partial charge in [-0.05, 0) is 48.5 Å². The van der Waals surface area contributed by atoms with Gasteiger partial charge in [0.05, 0.1) is 10.4 Å². The first kappa shape index (κ1) is 18.3. The molecule has 0 aliphatic carbocycles. The summed E-state index contributed by atoms with van der Waals surface area (Å²) >= 11 is 6.21. The Morgan fingerprint density at radius 1 is 0.933 bits per heavy atom. The van der Waals surface area contributed by atoms with E-state index in [1.54, 1.807) is 54.6 Å². The van der Waals surface area contributed by atoms with Crippen molar-refractivity contribution >= 4 is 34.2 Å². The Hall–Kier alpha value is -3.77. The van der Waals surface area contributed by atoms with Gasteiger partial charge in [-0.3, -0.25) is 9.59 Å². The number of halogens is 1. The van der Waals surface area contributed by atoms with Crippen LogP contribution >= 0.6 is 11.6 Å². The maximum absolute atomic E-state index is 12.7. The number of fused-ring (bicyclic) bond motifs is 2. The fourth-order valence-electron chi connectivity index (χ4n) is 3.27. The van der Waals surface area contributed by atoms with Crippen molar-refractivity contribution in [3.05, 3.63) is 87.5 Å². The summed E-state index contributed by atoms with van der Waals surface area (Å²) in [7, 11) is 0. The number of amides is 1. The lowest BCUT2D eigenvalue weighted by atomic mass is 10.1. The van der Waals surface area contributed by atoms with E-state index in [2.05, 4.69) is 5.32 Å². The van der Waals surface area contributed by atoms with Gasteiger partial charge < -0.3 is 19.2 Å². The van der Waals surface area contributed by atoms with Crippen LogP contribution in [-0.2, 0) is 0 Å². The Labute approximate surface area is 175 Å². The molecule has 0 saturated carbocycles. The van der Waals surface area contributed by atoms with E-state index >= 15 is 0 Å². The molecular weight excluding hydrogens is 406 g/mol. The summed E-state index contributed by atoms with van der Waals surface area (Å²) in [5.74, 6) is 1.18. The number of ether oxygens (including phenoxy) is 2. The van der Waals surface area contributed by atoms with Crippen LogP contribution in [0, 0.1) is 0 Å². The first-order valence-corrected chi connectivity index (χ1v) is 9.50. The van der Waals surface area contributed by atoms with Gasteiger partial charge in [0, 0.05) is 22.9 Å². The highest BCUT2D eigenvalue weighted by Gasteiger charge is 2.17. The molecular formula is C23H14ClNO5. The zero-order valence-corrected chi connectivity index (χ0v) is 16.2. The molecule has 1 aliphatic heterocycles. The minimum absolute atomic E-state index is 0.136. The lowest BCUT2D eigenvalue weighted by Crippen LogP contribution is -2.12. The molecule has 4 aromatic rings. The number of nitrogens with one attached hydrogen (secondary N) is 1. The summed E-state index contributed by atoms with van der Waals surface area (Å²) in [4.78, 5) is 25.3. The van der Waals surface area contributed by atoms with Gasteiger partial charge in [-0.1, -0.05) is 23.7 Å². The molecule has 5 rings (SSSR count). The Morgan fingerprint density at radius 2 is 1.77 bits per heavy atom. The summed E-state index contributed by atoms with van der Waals surface area (Å²) in [5, 5.41) is 3.64. The lowest BCUT2D eigenvalue weighted by Gasteiger charge is -2.08. The SMILES string of the molecule is O=C(Nc1ccc2oc(-c3ccccc3Cl)cc(=O)c2c1)c1ccc2c(c1)OCO2. The molecule has 0 bridgehead atoms. The smallest absolute Gasteiger partial charge is 0.255 e. The average Bonchev–Trinajstić information content (AvgIpc) is 3.22. The molecule has 1 amide bonds. The second-order valence-corrected chi connectivity index (χ2v) is 7.10. The van der Waals surface area contributed by atoms with Crippen molar-refractivity contribution in [2.75, 3.05) is 12.1 Å². The van der Waals surface area contributed by atoms with Crippen molar-refractivity contribution in [2.45, 2.75) is 0 Å². The highest BCUT2D eigenvalue weighted by atomic mass is 35.5. The molecule has 1 aromatic heterocycles. The fraction of sp³-hybridized carbons (Fsp3) is 0.0435. The maximum atomic E-state index is 12.7. The van der Waals surface area contributed by atoms with Crippen molar-refractivity contribution in [3.8, 4) is 22.8 Å². The molecule has 1 aliphatic rings. The van der Waals surface area contributed by atoms with Crippen LogP contribution < -0.4 is 20.2 Å².